The van der Waals surface area contributed by atoms with Crippen LogP contribution in [0.3, 0.4) is 0 Å². The molecule has 0 saturated heterocycles. The van der Waals surface area contributed by atoms with E-state index in [9.17, 15) is 32.2 Å². The van der Waals surface area contributed by atoms with E-state index in [-0.39, 0.29) is 28.5 Å². The molecule has 0 heterocycles. The second-order valence-electron chi connectivity index (χ2n) is 5.44. The third kappa shape index (κ3) is 3.06. The maximum Gasteiger partial charge on any atom is 0.200 e. The quantitative estimate of drug-likeness (QED) is 0.352. The van der Waals surface area contributed by atoms with Gasteiger partial charge in [0.2, 0.25) is 5.82 Å². The Balaban J connectivity index is 2.50. The van der Waals surface area contributed by atoms with Crippen LogP contribution >= 0.6 is 0 Å². The van der Waals surface area contributed by atoms with Gasteiger partial charge in [0, 0.05) is 5.56 Å². The minimum atomic E-state index is -2.24. The third-order valence-corrected chi connectivity index (χ3v) is 3.42. The highest BCUT2D eigenvalue weighted by atomic mass is 19.2. The van der Waals surface area contributed by atoms with Gasteiger partial charge in [-0.3, -0.25) is 0 Å². The zero-order valence-electron chi connectivity index (χ0n) is 12.7. The Morgan fingerprint density at radius 1 is 0.750 bits per heavy atom. The fourth-order valence-corrected chi connectivity index (χ4v) is 2.28. The summed E-state index contributed by atoms with van der Waals surface area (Å²) in [6.45, 7) is 3.47. The van der Waals surface area contributed by atoms with E-state index in [1.165, 1.54) is 12.1 Å². The lowest BCUT2D eigenvalue weighted by Crippen LogP contribution is -2.03. The largest absolute Gasteiger partial charge is 0.507 e. The van der Waals surface area contributed by atoms with E-state index < -0.39 is 34.6 Å². The van der Waals surface area contributed by atoms with Crippen molar-refractivity contribution in [3.05, 3.63) is 57.9 Å². The Bertz CT molecular complexity index is 776. The summed E-state index contributed by atoms with van der Waals surface area (Å²) in [5.41, 5.74) is -0.708. The molecule has 0 spiro atoms. The first-order valence-electron chi connectivity index (χ1n) is 6.90. The molecule has 0 saturated carbocycles. The minimum Gasteiger partial charge on any atom is -0.507 e. The molecule has 7 heteroatoms. The van der Waals surface area contributed by atoms with Gasteiger partial charge in [0.15, 0.2) is 23.3 Å². The molecule has 0 aromatic heterocycles. The molecule has 2 aromatic carbocycles. The first kappa shape index (κ1) is 17.8. The van der Waals surface area contributed by atoms with Crippen LogP contribution in [0.15, 0.2) is 12.1 Å². The van der Waals surface area contributed by atoms with Crippen LogP contribution in [0.1, 0.15) is 36.5 Å². The lowest BCUT2D eigenvalue weighted by Gasteiger charge is -2.11. The molecular formula is C17H13F5O2. The Morgan fingerprint density at radius 3 is 1.58 bits per heavy atom. The predicted octanol–water partition coefficient (Wildman–Crippen LogP) is 5.09. The number of hydrogen-bond donors (Lipinski definition) is 2. The van der Waals surface area contributed by atoms with Crippen LogP contribution < -0.4 is 0 Å². The monoisotopic (exact) mass is 344 g/mol. The Labute approximate surface area is 134 Å². The Kier molecular flexibility index (Phi) is 4.82. The van der Waals surface area contributed by atoms with E-state index in [0.29, 0.717) is 6.08 Å². The topological polar surface area (TPSA) is 40.5 Å². The van der Waals surface area contributed by atoms with Crippen molar-refractivity contribution in [1.82, 2.24) is 0 Å². The molecule has 2 aromatic rings. The number of aromatic hydroxyl groups is 2. The van der Waals surface area contributed by atoms with Gasteiger partial charge in [0.1, 0.15) is 11.5 Å². The molecule has 2 N–H and O–H groups in total. The second-order valence-corrected chi connectivity index (χ2v) is 5.44. The molecule has 0 radical (unpaired) electrons. The Hall–Kier alpha value is -2.57. The van der Waals surface area contributed by atoms with E-state index >= 15 is 0 Å². The van der Waals surface area contributed by atoms with Crippen molar-refractivity contribution in [3.8, 4) is 11.5 Å². The van der Waals surface area contributed by atoms with Crippen molar-refractivity contribution in [2.45, 2.75) is 19.8 Å². The molecule has 0 aliphatic carbocycles. The summed E-state index contributed by atoms with van der Waals surface area (Å²) in [6, 6.07) is 2.41. The van der Waals surface area contributed by atoms with E-state index in [4.69, 9.17) is 0 Å². The summed E-state index contributed by atoms with van der Waals surface area (Å²) in [5, 5.41) is 19.7. The lowest BCUT2D eigenvalue weighted by molar-refractivity contribution is 0.377. The highest BCUT2D eigenvalue weighted by molar-refractivity contribution is 5.72. The molecule has 0 amide bonds. The molecule has 0 bridgehead atoms. The van der Waals surface area contributed by atoms with E-state index in [1.54, 1.807) is 13.8 Å². The van der Waals surface area contributed by atoms with Gasteiger partial charge in [0.05, 0.1) is 5.56 Å². The van der Waals surface area contributed by atoms with Gasteiger partial charge in [-0.2, -0.15) is 0 Å². The van der Waals surface area contributed by atoms with Crippen LogP contribution in [-0.4, -0.2) is 10.2 Å². The van der Waals surface area contributed by atoms with Gasteiger partial charge in [0.25, 0.3) is 0 Å². The van der Waals surface area contributed by atoms with E-state index in [1.807, 2.05) is 0 Å². The van der Waals surface area contributed by atoms with Crippen LogP contribution in [0.4, 0.5) is 22.0 Å². The number of halogens is 5. The molecule has 128 valence electrons. The van der Waals surface area contributed by atoms with Crippen molar-refractivity contribution in [3.63, 3.8) is 0 Å². The van der Waals surface area contributed by atoms with E-state index in [0.717, 1.165) is 6.08 Å². The molecular weight excluding hydrogens is 331 g/mol. The van der Waals surface area contributed by atoms with Crippen LogP contribution in [0.5, 0.6) is 11.5 Å². The lowest BCUT2D eigenvalue weighted by atomic mass is 9.98. The van der Waals surface area contributed by atoms with Crippen molar-refractivity contribution in [1.29, 1.82) is 0 Å². The zero-order chi connectivity index (χ0) is 18.2. The van der Waals surface area contributed by atoms with Crippen LogP contribution in [0, 0.1) is 29.1 Å². The normalized spacial score (nSPS) is 11.7. The van der Waals surface area contributed by atoms with Crippen LogP contribution in [-0.2, 0) is 0 Å². The smallest absolute Gasteiger partial charge is 0.200 e. The second kappa shape index (κ2) is 6.51. The molecule has 0 aliphatic rings. The van der Waals surface area contributed by atoms with Gasteiger partial charge in [-0.05, 0) is 29.7 Å². The maximum absolute atomic E-state index is 13.6. The fraction of sp³-hybridized carbons (Fsp3) is 0.176. The van der Waals surface area contributed by atoms with Gasteiger partial charge in [-0.25, -0.2) is 22.0 Å². The Morgan fingerprint density at radius 2 is 1.17 bits per heavy atom. The average molecular weight is 344 g/mol. The van der Waals surface area contributed by atoms with Gasteiger partial charge in [-0.1, -0.05) is 19.9 Å². The zero-order valence-corrected chi connectivity index (χ0v) is 12.7. The minimum absolute atomic E-state index is 0.123. The molecule has 0 unspecified atom stereocenters. The first-order chi connectivity index (χ1) is 11.1. The van der Waals surface area contributed by atoms with Gasteiger partial charge >= 0.3 is 0 Å². The third-order valence-electron chi connectivity index (χ3n) is 3.42. The highest BCUT2D eigenvalue weighted by Crippen LogP contribution is 2.35. The standard InChI is InChI=1S/C17H13F5O2/c1-7(2)12-10(23)5-8(6-11(12)24)3-4-9-13(18)15(20)17(22)16(21)14(9)19/h3-7,23-24H,1-2H3. The summed E-state index contributed by atoms with van der Waals surface area (Å²) in [4.78, 5) is 0. The summed E-state index contributed by atoms with van der Waals surface area (Å²) in [7, 11) is 0. The first-order valence-corrected chi connectivity index (χ1v) is 6.90. The van der Waals surface area contributed by atoms with E-state index in [2.05, 4.69) is 0 Å². The maximum atomic E-state index is 13.6. The number of hydrogen-bond acceptors (Lipinski definition) is 2. The highest BCUT2D eigenvalue weighted by Gasteiger charge is 2.24. The molecule has 0 aliphatic heterocycles. The summed E-state index contributed by atoms with van der Waals surface area (Å²) in [6.07, 6.45) is 1.70. The van der Waals surface area contributed by atoms with Gasteiger partial charge in [-0.15, -0.1) is 0 Å². The average Bonchev–Trinajstić information content (AvgIpc) is 2.50. The fourth-order valence-electron chi connectivity index (χ4n) is 2.28. The molecule has 2 rings (SSSR count). The molecule has 2 nitrogen and oxygen atoms in total. The number of rotatable bonds is 3. The molecule has 24 heavy (non-hydrogen) atoms. The van der Waals surface area contributed by atoms with Gasteiger partial charge < -0.3 is 10.2 Å². The van der Waals surface area contributed by atoms with Crippen molar-refractivity contribution < 1.29 is 32.2 Å². The predicted molar refractivity (Wildman–Crippen MR) is 79.0 cm³/mol. The SMILES string of the molecule is CC(C)c1c(O)cc(C=Cc2c(F)c(F)c(F)c(F)c2F)cc1O. The van der Waals surface area contributed by atoms with Crippen LogP contribution in [0.25, 0.3) is 12.2 Å². The molecule has 0 atom stereocenters. The summed E-state index contributed by atoms with van der Waals surface area (Å²) >= 11 is 0. The van der Waals surface area contributed by atoms with Crippen LogP contribution in [0.2, 0.25) is 0 Å². The number of phenols is 2. The van der Waals surface area contributed by atoms with Crippen molar-refractivity contribution >= 4 is 12.2 Å². The number of benzene rings is 2. The summed E-state index contributed by atoms with van der Waals surface area (Å²) < 4.78 is 66.3. The summed E-state index contributed by atoms with van der Waals surface area (Å²) in [5.74, 6) is -10.9. The number of phenolic OH excluding ortho intramolecular Hbond substituents is 2. The van der Waals surface area contributed by atoms with Crippen molar-refractivity contribution in [2.24, 2.45) is 0 Å². The van der Waals surface area contributed by atoms with Crippen molar-refractivity contribution in [2.75, 3.05) is 0 Å². The molecule has 0 fully saturated rings.